The first-order valence-corrected chi connectivity index (χ1v) is 14.4. The predicted octanol–water partition coefficient (Wildman–Crippen LogP) is 6.20. The SMILES string of the molecule is CCCCCCCCCCCCN1C(N=Nc2c(O)n(C)c3ccc(Br)cc23)=NC2C1C(=O)NC(=O)N2C. The molecule has 2 aliphatic rings. The molecule has 0 bridgehead atoms. The molecule has 0 saturated carbocycles. The molecule has 2 aliphatic heterocycles. The number of guanidine groups is 1. The number of nitrogens with zero attached hydrogens (tertiary/aromatic N) is 6. The van der Waals surface area contributed by atoms with Gasteiger partial charge in [-0.1, -0.05) is 80.6 Å². The lowest BCUT2D eigenvalue weighted by atomic mass is 10.1. The van der Waals surface area contributed by atoms with Crippen LogP contribution in [0.3, 0.4) is 0 Å². The number of unbranched alkanes of at least 4 members (excludes halogenated alkanes) is 9. The highest BCUT2D eigenvalue weighted by molar-refractivity contribution is 9.10. The summed E-state index contributed by atoms with van der Waals surface area (Å²) >= 11 is 3.48. The third kappa shape index (κ3) is 6.03. The van der Waals surface area contributed by atoms with Gasteiger partial charge < -0.3 is 19.5 Å². The number of aliphatic imine (C=N–C) groups is 1. The highest BCUT2D eigenvalue weighted by atomic mass is 79.9. The Bertz CT molecular complexity index is 1220. The summed E-state index contributed by atoms with van der Waals surface area (Å²) in [6.45, 7) is 2.82. The van der Waals surface area contributed by atoms with Gasteiger partial charge in [-0.3, -0.25) is 10.1 Å². The summed E-state index contributed by atoms with van der Waals surface area (Å²) in [7, 11) is 3.38. The second-order valence-electron chi connectivity index (χ2n) is 10.2. The number of imide groups is 1. The molecule has 4 rings (SSSR count). The van der Waals surface area contributed by atoms with Crippen molar-refractivity contribution in [2.75, 3.05) is 13.6 Å². The summed E-state index contributed by atoms with van der Waals surface area (Å²) < 4.78 is 2.50. The molecule has 1 fully saturated rings. The van der Waals surface area contributed by atoms with Crippen molar-refractivity contribution < 1.29 is 14.7 Å². The highest BCUT2D eigenvalue weighted by Crippen LogP contribution is 2.39. The number of aryl methyl sites for hydroxylation is 1. The Hall–Kier alpha value is -2.95. The van der Waals surface area contributed by atoms with Crippen LogP contribution in [0.4, 0.5) is 10.5 Å². The number of azo groups is 1. The lowest BCUT2D eigenvalue weighted by Gasteiger charge is -2.35. The minimum absolute atomic E-state index is 0.0100. The zero-order valence-electron chi connectivity index (χ0n) is 22.5. The molecule has 10 nitrogen and oxygen atoms in total. The second-order valence-corrected chi connectivity index (χ2v) is 11.1. The van der Waals surface area contributed by atoms with Gasteiger partial charge >= 0.3 is 6.03 Å². The maximum Gasteiger partial charge on any atom is 0.325 e. The van der Waals surface area contributed by atoms with Gasteiger partial charge in [0.2, 0.25) is 11.8 Å². The van der Waals surface area contributed by atoms with Crippen molar-refractivity contribution in [3.8, 4) is 5.88 Å². The maximum atomic E-state index is 12.8. The van der Waals surface area contributed by atoms with E-state index in [4.69, 9.17) is 0 Å². The Balaban J connectivity index is 1.45. The minimum Gasteiger partial charge on any atom is -0.493 e. The predicted molar refractivity (Wildman–Crippen MR) is 152 cm³/mol. The van der Waals surface area contributed by atoms with Crippen LogP contribution in [-0.4, -0.2) is 63.2 Å². The lowest BCUT2D eigenvalue weighted by Crippen LogP contribution is -2.63. The normalized spacial score (nSPS) is 19.5. The van der Waals surface area contributed by atoms with E-state index in [1.54, 1.807) is 18.7 Å². The smallest absolute Gasteiger partial charge is 0.325 e. The van der Waals surface area contributed by atoms with Crippen molar-refractivity contribution in [1.29, 1.82) is 0 Å². The number of amides is 3. The fourth-order valence-electron chi connectivity index (χ4n) is 5.18. The van der Waals surface area contributed by atoms with Gasteiger partial charge in [-0.15, -0.1) is 10.2 Å². The van der Waals surface area contributed by atoms with E-state index in [1.165, 1.54) is 49.8 Å². The van der Waals surface area contributed by atoms with Gasteiger partial charge in [-0.25, -0.2) is 9.79 Å². The first kappa shape index (κ1) is 28.1. The molecule has 0 spiro atoms. The minimum atomic E-state index is -0.663. The standard InChI is InChI=1S/C27H38BrN7O3/c1-4-5-6-7-8-9-10-11-12-13-16-35-22-23(34(3)27(38)30-24(22)36)29-26(35)32-31-21-19-17-18(28)14-15-20(19)33(2)25(21)37/h14-15,17,22-23,37H,4-13,16H2,1-3H3,(H,30,36,38). The molecule has 1 saturated heterocycles. The summed E-state index contributed by atoms with van der Waals surface area (Å²) in [4.78, 5) is 32.9. The van der Waals surface area contributed by atoms with Crippen molar-refractivity contribution in [2.45, 2.75) is 83.3 Å². The van der Waals surface area contributed by atoms with Crippen LogP contribution in [0, 0.1) is 0 Å². The average Bonchev–Trinajstić information content (AvgIpc) is 3.37. The van der Waals surface area contributed by atoms with Crippen molar-refractivity contribution in [3.05, 3.63) is 22.7 Å². The molecule has 38 heavy (non-hydrogen) atoms. The second kappa shape index (κ2) is 12.7. The van der Waals surface area contributed by atoms with Crippen LogP contribution in [0.25, 0.3) is 10.9 Å². The number of fused-ring (bicyclic) bond motifs is 2. The summed E-state index contributed by atoms with van der Waals surface area (Å²) in [6.07, 6.45) is 11.4. The molecular formula is C27H38BrN7O3. The number of likely N-dealkylation sites (N-methyl/N-ethyl adjacent to an activating group) is 1. The monoisotopic (exact) mass is 587 g/mol. The van der Waals surface area contributed by atoms with E-state index < -0.39 is 18.2 Å². The van der Waals surface area contributed by atoms with Crippen LogP contribution in [0.5, 0.6) is 5.88 Å². The van der Waals surface area contributed by atoms with Crippen molar-refractivity contribution >= 4 is 50.4 Å². The Labute approximate surface area is 232 Å². The highest BCUT2D eigenvalue weighted by Gasteiger charge is 2.48. The number of hydrogen-bond donors (Lipinski definition) is 2. The number of benzene rings is 1. The maximum absolute atomic E-state index is 12.8. The van der Waals surface area contributed by atoms with Gasteiger partial charge in [-0.05, 0) is 24.6 Å². The van der Waals surface area contributed by atoms with E-state index in [0.717, 1.165) is 34.6 Å². The topological polar surface area (TPSA) is 115 Å². The zero-order valence-corrected chi connectivity index (χ0v) is 24.1. The molecule has 0 radical (unpaired) electrons. The molecule has 0 aliphatic carbocycles. The molecule has 3 amide bonds. The summed E-state index contributed by atoms with van der Waals surface area (Å²) in [6, 6.07) is 4.53. The summed E-state index contributed by atoms with van der Waals surface area (Å²) in [5, 5.41) is 22.7. The van der Waals surface area contributed by atoms with E-state index in [0.29, 0.717) is 18.2 Å². The summed E-state index contributed by atoms with van der Waals surface area (Å²) in [5.41, 5.74) is 1.14. The van der Waals surface area contributed by atoms with Gasteiger partial charge in [0.15, 0.2) is 17.9 Å². The Morgan fingerprint density at radius 2 is 1.66 bits per heavy atom. The Morgan fingerprint density at radius 1 is 1.00 bits per heavy atom. The molecular weight excluding hydrogens is 550 g/mol. The molecule has 206 valence electrons. The van der Waals surface area contributed by atoms with Crippen LogP contribution >= 0.6 is 15.9 Å². The fourth-order valence-corrected chi connectivity index (χ4v) is 5.54. The van der Waals surface area contributed by atoms with Crippen molar-refractivity contribution in [1.82, 2.24) is 19.7 Å². The third-order valence-electron chi connectivity index (χ3n) is 7.44. The number of halogens is 1. The van der Waals surface area contributed by atoms with Gasteiger partial charge in [0.25, 0.3) is 5.91 Å². The van der Waals surface area contributed by atoms with Gasteiger partial charge in [-0.2, -0.15) is 0 Å². The molecule has 1 aromatic carbocycles. The molecule has 2 unspecified atom stereocenters. The van der Waals surface area contributed by atoms with Crippen LogP contribution in [0.1, 0.15) is 71.1 Å². The van der Waals surface area contributed by atoms with Crippen LogP contribution < -0.4 is 5.32 Å². The Kier molecular flexibility index (Phi) is 9.40. The van der Waals surface area contributed by atoms with Gasteiger partial charge in [0.05, 0.1) is 5.52 Å². The number of hydrogen-bond acceptors (Lipinski definition) is 7. The number of rotatable bonds is 12. The summed E-state index contributed by atoms with van der Waals surface area (Å²) in [5.74, 6) is -0.0979. The number of nitrogens with one attached hydrogen (secondary N) is 1. The van der Waals surface area contributed by atoms with Crippen LogP contribution in [0.15, 0.2) is 37.9 Å². The first-order valence-electron chi connectivity index (χ1n) is 13.6. The molecule has 2 N–H and O–H groups in total. The van der Waals surface area contributed by atoms with Gasteiger partial charge in [0, 0.05) is 30.5 Å². The molecule has 1 aromatic heterocycles. The van der Waals surface area contributed by atoms with Gasteiger partial charge in [0.1, 0.15) is 0 Å². The lowest BCUT2D eigenvalue weighted by molar-refractivity contribution is -0.127. The number of carbonyl (C=O) groups excluding carboxylic acids is 2. The number of aromatic nitrogens is 1. The number of aromatic hydroxyl groups is 1. The molecule has 2 atom stereocenters. The van der Waals surface area contributed by atoms with E-state index >= 15 is 0 Å². The third-order valence-corrected chi connectivity index (χ3v) is 7.93. The van der Waals surface area contributed by atoms with Crippen LogP contribution in [0.2, 0.25) is 0 Å². The van der Waals surface area contributed by atoms with E-state index in [1.807, 2.05) is 23.1 Å². The zero-order chi connectivity index (χ0) is 27.2. The van der Waals surface area contributed by atoms with Crippen molar-refractivity contribution in [3.63, 3.8) is 0 Å². The van der Waals surface area contributed by atoms with E-state index in [-0.39, 0.29) is 11.8 Å². The fraction of sp³-hybridized carbons (Fsp3) is 0.593. The quantitative estimate of drug-likeness (QED) is 0.227. The molecule has 11 heteroatoms. The molecule has 2 aromatic rings. The molecule has 3 heterocycles. The number of urea groups is 1. The van der Waals surface area contributed by atoms with E-state index in [9.17, 15) is 14.7 Å². The number of carbonyl (C=O) groups is 2. The van der Waals surface area contributed by atoms with E-state index in [2.05, 4.69) is 43.4 Å². The average molecular weight is 589 g/mol. The van der Waals surface area contributed by atoms with Crippen molar-refractivity contribution in [2.24, 2.45) is 22.3 Å². The largest absolute Gasteiger partial charge is 0.493 e. The first-order chi connectivity index (χ1) is 18.3. The Morgan fingerprint density at radius 3 is 2.34 bits per heavy atom. The van der Waals surface area contributed by atoms with Crippen LogP contribution in [-0.2, 0) is 11.8 Å².